The molecule has 29 heavy (non-hydrogen) atoms. The number of ether oxygens (including phenoxy) is 1. The average molecular weight is 456 g/mol. The molecule has 0 aromatic carbocycles. The van der Waals surface area contributed by atoms with E-state index in [0.29, 0.717) is 37.3 Å². The van der Waals surface area contributed by atoms with Gasteiger partial charge in [-0.1, -0.05) is 6.07 Å². The fourth-order valence-electron chi connectivity index (χ4n) is 3.13. The Labute approximate surface area is 174 Å². The van der Waals surface area contributed by atoms with Gasteiger partial charge < -0.3 is 19.9 Å². The lowest BCUT2D eigenvalue weighted by atomic mass is 10.3. The second kappa shape index (κ2) is 7.76. The van der Waals surface area contributed by atoms with Crippen molar-refractivity contribution in [2.75, 3.05) is 36.5 Å². The van der Waals surface area contributed by atoms with Crippen LogP contribution in [0.1, 0.15) is 5.82 Å². The van der Waals surface area contributed by atoms with Crippen molar-refractivity contribution >= 4 is 33.5 Å². The zero-order valence-corrected chi connectivity index (χ0v) is 17.0. The van der Waals surface area contributed by atoms with Crippen LogP contribution >= 0.6 is 15.9 Å². The summed E-state index contributed by atoms with van der Waals surface area (Å²) >= 11 is 3.51. The van der Waals surface area contributed by atoms with Crippen LogP contribution in [-0.4, -0.2) is 60.8 Å². The molecule has 0 bridgehead atoms. The van der Waals surface area contributed by atoms with Crippen LogP contribution in [0, 0.1) is 0 Å². The van der Waals surface area contributed by atoms with E-state index in [1.807, 2.05) is 18.2 Å². The number of halogens is 1. The molecule has 1 fully saturated rings. The summed E-state index contributed by atoms with van der Waals surface area (Å²) < 4.78 is 7.92. The number of anilines is 2. The Morgan fingerprint density at radius 1 is 1.14 bits per heavy atom. The number of nitrogens with zero attached hydrogens (tertiary/aromatic N) is 7. The first-order valence-electron chi connectivity index (χ1n) is 9.21. The predicted octanol–water partition coefficient (Wildman–Crippen LogP) is 2.12. The van der Waals surface area contributed by atoms with Crippen LogP contribution in [-0.2, 0) is 11.3 Å². The van der Waals surface area contributed by atoms with E-state index in [0.717, 1.165) is 34.8 Å². The van der Waals surface area contributed by atoms with Crippen molar-refractivity contribution in [3.05, 3.63) is 47.1 Å². The maximum atomic E-state index is 5.43. The normalized spacial score (nSPS) is 14.4. The minimum atomic E-state index is 0.457. The Hall–Kier alpha value is -3.05. The highest BCUT2D eigenvalue weighted by atomic mass is 79.9. The quantitative estimate of drug-likeness (QED) is 0.470. The van der Waals surface area contributed by atoms with Gasteiger partial charge in [-0.15, -0.1) is 0 Å². The number of imidazole rings is 1. The number of pyridine rings is 1. The summed E-state index contributed by atoms with van der Waals surface area (Å²) in [5, 5.41) is 7.69. The molecule has 4 aromatic heterocycles. The van der Waals surface area contributed by atoms with Gasteiger partial charge in [-0.2, -0.15) is 19.6 Å². The molecule has 0 saturated carbocycles. The number of hydrogen-bond acceptors (Lipinski definition) is 8. The Balaban J connectivity index is 1.40. The van der Waals surface area contributed by atoms with E-state index >= 15 is 0 Å². The molecule has 4 aromatic rings. The minimum Gasteiger partial charge on any atom is -0.378 e. The van der Waals surface area contributed by atoms with Crippen LogP contribution < -0.4 is 10.2 Å². The third-order valence-corrected chi connectivity index (χ3v) is 5.15. The first-order chi connectivity index (χ1) is 14.3. The maximum absolute atomic E-state index is 5.43. The number of aromatic nitrogens is 7. The Morgan fingerprint density at radius 2 is 2.03 bits per heavy atom. The minimum absolute atomic E-state index is 0.457. The Bertz CT molecular complexity index is 1120. The maximum Gasteiger partial charge on any atom is 0.230 e. The summed E-state index contributed by atoms with van der Waals surface area (Å²) in [5.74, 6) is 2.02. The van der Waals surface area contributed by atoms with E-state index in [1.165, 1.54) is 0 Å². The topological polar surface area (TPSA) is 109 Å². The van der Waals surface area contributed by atoms with Crippen molar-refractivity contribution in [2.24, 2.45) is 0 Å². The van der Waals surface area contributed by atoms with E-state index in [4.69, 9.17) is 9.72 Å². The van der Waals surface area contributed by atoms with Gasteiger partial charge >= 0.3 is 0 Å². The number of fused-ring (bicyclic) bond motifs is 1. The molecule has 5 rings (SSSR count). The highest BCUT2D eigenvalue weighted by Gasteiger charge is 2.18. The van der Waals surface area contributed by atoms with Crippen LogP contribution in [0.25, 0.3) is 17.0 Å². The fraction of sp³-hybridized carbons (Fsp3) is 0.278. The summed E-state index contributed by atoms with van der Waals surface area (Å²) in [6, 6.07) is 5.77. The molecule has 10 nitrogen and oxygen atoms in total. The number of nitrogens with one attached hydrogen (secondary N) is 2. The summed E-state index contributed by atoms with van der Waals surface area (Å²) in [6.07, 6.45) is 5.25. The molecule has 2 N–H and O–H groups in total. The molecular weight excluding hydrogens is 438 g/mol. The molecule has 0 amide bonds. The zero-order valence-electron chi connectivity index (χ0n) is 15.4. The second-order valence-electron chi connectivity index (χ2n) is 6.49. The second-order valence-corrected chi connectivity index (χ2v) is 7.34. The molecule has 0 spiro atoms. The molecule has 0 aliphatic carbocycles. The lowest BCUT2D eigenvalue weighted by Gasteiger charge is -2.27. The van der Waals surface area contributed by atoms with Crippen molar-refractivity contribution in [1.82, 2.24) is 34.5 Å². The summed E-state index contributed by atoms with van der Waals surface area (Å²) in [7, 11) is 0. The third kappa shape index (κ3) is 3.66. The number of rotatable bonds is 5. The fourth-order valence-corrected chi connectivity index (χ4v) is 3.47. The molecule has 1 saturated heterocycles. The average Bonchev–Trinajstić information content (AvgIpc) is 3.40. The number of H-pyrrole nitrogens is 1. The Kier molecular flexibility index (Phi) is 4.82. The van der Waals surface area contributed by atoms with Gasteiger partial charge in [-0.05, 0) is 28.1 Å². The molecule has 1 aliphatic heterocycles. The van der Waals surface area contributed by atoms with Gasteiger partial charge in [0.2, 0.25) is 11.9 Å². The smallest absolute Gasteiger partial charge is 0.230 e. The molecule has 0 atom stereocenters. The zero-order chi connectivity index (χ0) is 19.6. The molecule has 0 unspecified atom stereocenters. The van der Waals surface area contributed by atoms with Gasteiger partial charge in [0.15, 0.2) is 5.65 Å². The molecule has 5 heterocycles. The van der Waals surface area contributed by atoms with E-state index in [-0.39, 0.29) is 0 Å². The highest BCUT2D eigenvalue weighted by molar-refractivity contribution is 9.10. The van der Waals surface area contributed by atoms with Crippen molar-refractivity contribution in [1.29, 1.82) is 0 Å². The van der Waals surface area contributed by atoms with Crippen molar-refractivity contribution < 1.29 is 4.74 Å². The van der Waals surface area contributed by atoms with Crippen molar-refractivity contribution in [3.63, 3.8) is 0 Å². The van der Waals surface area contributed by atoms with Gasteiger partial charge in [0.1, 0.15) is 5.82 Å². The number of aromatic amines is 1. The highest BCUT2D eigenvalue weighted by Crippen LogP contribution is 2.22. The largest absolute Gasteiger partial charge is 0.378 e. The van der Waals surface area contributed by atoms with E-state index in [2.05, 4.69) is 51.2 Å². The number of morpholine rings is 1. The van der Waals surface area contributed by atoms with Crippen LogP contribution in [0.4, 0.5) is 11.9 Å². The first-order valence-corrected chi connectivity index (χ1v) is 10.0. The van der Waals surface area contributed by atoms with Crippen LogP contribution in [0.2, 0.25) is 0 Å². The van der Waals surface area contributed by atoms with Crippen molar-refractivity contribution in [2.45, 2.75) is 6.54 Å². The molecule has 1 aliphatic rings. The third-order valence-electron chi connectivity index (χ3n) is 4.59. The number of hydrogen-bond donors (Lipinski definition) is 2. The lowest BCUT2D eigenvalue weighted by Crippen LogP contribution is -2.37. The standard InChI is InChI=1S/C18H18BrN9O/c19-12-9-23-28-16(12)25-18(27-5-7-29-8-6-27)26-17(28)22-11-15-21-10-14(24-15)13-3-1-2-4-20-13/h1-4,9-10H,5-8,11H2,(H,21,24)(H,22,25,26). The Morgan fingerprint density at radius 3 is 2.86 bits per heavy atom. The molecular formula is C18H18BrN9O. The van der Waals surface area contributed by atoms with E-state index < -0.39 is 0 Å². The first kappa shape index (κ1) is 18.0. The van der Waals surface area contributed by atoms with Gasteiger partial charge in [0, 0.05) is 19.3 Å². The van der Waals surface area contributed by atoms with E-state index in [1.54, 1.807) is 23.1 Å². The molecule has 11 heteroatoms. The van der Waals surface area contributed by atoms with Crippen LogP contribution in [0.5, 0.6) is 0 Å². The van der Waals surface area contributed by atoms with Gasteiger partial charge in [0.25, 0.3) is 0 Å². The SMILES string of the molecule is Brc1cnn2c(NCc3ncc(-c4ccccn4)[nH]3)nc(N3CCOCC3)nc12. The lowest BCUT2D eigenvalue weighted by molar-refractivity contribution is 0.122. The molecule has 0 radical (unpaired) electrons. The van der Waals surface area contributed by atoms with Crippen LogP contribution in [0.15, 0.2) is 41.3 Å². The predicted molar refractivity (Wildman–Crippen MR) is 111 cm³/mol. The molecule has 148 valence electrons. The van der Waals surface area contributed by atoms with Gasteiger partial charge in [0.05, 0.1) is 48.0 Å². The van der Waals surface area contributed by atoms with Gasteiger partial charge in [-0.3, -0.25) is 4.98 Å². The van der Waals surface area contributed by atoms with Crippen LogP contribution in [0.3, 0.4) is 0 Å². The van der Waals surface area contributed by atoms with Crippen molar-refractivity contribution in [3.8, 4) is 11.4 Å². The summed E-state index contributed by atoms with van der Waals surface area (Å²) in [6.45, 7) is 3.31. The monoisotopic (exact) mass is 455 g/mol. The summed E-state index contributed by atoms with van der Waals surface area (Å²) in [4.78, 5) is 23.5. The van der Waals surface area contributed by atoms with E-state index in [9.17, 15) is 0 Å². The van der Waals surface area contributed by atoms with Gasteiger partial charge in [-0.25, -0.2) is 4.98 Å². The summed E-state index contributed by atoms with van der Waals surface area (Å²) in [5.41, 5.74) is 2.42.